The van der Waals surface area contributed by atoms with Crippen molar-refractivity contribution >= 4 is 28.1 Å². The Bertz CT molecular complexity index is 866. The van der Waals surface area contributed by atoms with Crippen LogP contribution in [-0.4, -0.2) is 30.4 Å². The molecule has 0 aromatic heterocycles. The molecule has 27 heavy (non-hydrogen) atoms. The van der Waals surface area contributed by atoms with E-state index < -0.39 is 5.91 Å². The van der Waals surface area contributed by atoms with E-state index in [2.05, 4.69) is 26.5 Å². The van der Waals surface area contributed by atoms with Crippen molar-refractivity contribution in [3.05, 3.63) is 51.0 Å². The molecular weight excluding hydrogens is 412 g/mol. The maximum Gasteiger partial charge on any atom is 0.277 e. The number of phenols is 1. The van der Waals surface area contributed by atoms with Crippen LogP contribution in [0.1, 0.15) is 29.2 Å². The van der Waals surface area contributed by atoms with Crippen molar-refractivity contribution in [2.24, 2.45) is 5.10 Å². The first-order valence-electron chi connectivity index (χ1n) is 8.50. The fourth-order valence-corrected chi connectivity index (χ4v) is 2.90. The molecule has 0 atom stereocenters. The SMILES string of the molecule is CCOc1cc(Br)cc(C=NNC(=O)COc2c(C)ccc(C)c2C)c1O. The number of rotatable bonds is 7. The summed E-state index contributed by atoms with van der Waals surface area (Å²) < 4.78 is 11.7. The summed E-state index contributed by atoms with van der Waals surface area (Å²) in [7, 11) is 0. The monoisotopic (exact) mass is 434 g/mol. The molecule has 0 spiro atoms. The smallest absolute Gasteiger partial charge is 0.277 e. The molecule has 6 nitrogen and oxygen atoms in total. The van der Waals surface area contributed by atoms with Crippen molar-refractivity contribution in [2.45, 2.75) is 27.7 Å². The molecule has 7 heteroatoms. The lowest BCUT2D eigenvalue weighted by Crippen LogP contribution is -2.25. The van der Waals surface area contributed by atoms with Crippen LogP contribution in [0.2, 0.25) is 0 Å². The predicted octanol–water partition coefficient (Wildman–Crippen LogP) is 4.01. The molecule has 0 fully saturated rings. The third kappa shape index (κ3) is 5.47. The van der Waals surface area contributed by atoms with Gasteiger partial charge >= 0.3 is 0 Å². The Kier molecular flexibility index (Phi) is 7.24. The van der Waals surface area contributed by atoms with Gasteiger partial charge in [-0.15, -0.1) is 0 Å². The Morgan fingerprint density at radius 1 is 1.22 bits per heavy atom. The van der Waals surface area contributed by atoms with Crippen LogP contribution in [0.4, 0.5) is 0 Å². The van der Waals surface area contributed by atoms with Crippen LogP contribution >= 0.6 is 15.9 Å². The summed E-state index contributed by atoms with van der Waals surface area (Å²) in [5.74, 6) is 0.611. The number of carbonyl (C=O) groups is 1. The molecule has 0 bridgehead atoms. The lowest BCUT2D eigenvalue weighted by atomic mass is 10.1. The van der Waals surface area contributed by atoms with E-state index in [0.29, 0.717) is 23.7 Å². The zero-order valence-electron chi connectivity index (χ0n) is 15.8. The number of nitrogens with zero attached hydrogens (tertiary/aromatic N) is 1. The molecule has 0 radical (unpaired) electrons. The molecule has 144 valence electrons. The normalized spacial score (nSPS) is 10.9. The zero-order chi connectivity index (χ0) is 20.0. The van der Waals surface area contributed by atoms with Crippen LogP contribution in [-0.2, 0) is 4.79 Å². The highest BCUT2D eigenvalue weighted by Gasteiger charge is 2.10. The van der Waals surface area contributed by atoms with Gasteiger partial charge < -0.3 is 14.6 Å². The van der Waals surface area contributed by atoms with E-state index in [1.54, 1.807) is 12.1 Å². The van der Waals surface area contributed by atoms with Gasteiger partial charge in [0.25, 0.3) is 5.91 Å². The van der Waals surface area contributed by atoms with Crippen molar-refractivity contribution < 1.29 is 19.4 Å². The number of ether oxygens (including phenoxy) is 2. The second-order valence-electron chi connectivity index (χ2n) is 6.01. The number of halogens is 1. The van der Waals surface area contributed by atoms with Crippen LogP contribution in [0.15, 0.2) is 33.8 Å². The summed E-state index contributed by atoms with van der Waals surface area (Å²) in [4.78, 5) is 12.0. The molecule has 0 aliphatic rings. The lowest BCUT2D eigenvalue weighted by Gasteiger charge is -2.13. The molecule has 2 aromatic carbocycles. The highest BCUT2D eigenvalue weighted by molar-refractivity contribution is 9.10. The van der Waals surface area contributed by atoms with Gasteiger partial charge in [0.05, 0.1) is 12.8 Å². The Balaban J connectivity index is 1.99. The van der Waals surface area contributed by atoms with E-state index in [1.165, 1.54) is 6.21 Å². The topological polar surface area (TPSA) is 80.2 Å². The van der Waals surface area contributed by atoms with Gasteiger partial charge in [-0.05, 0) is 56.5 Å². The Labute approximate surface area is 167 Å². The van der Waals surface area contributed by atoms with Crippen molar-refractivity contribution in [1.82, 2.24) is 5.43 Å². The summed E-state index contributed by atoms with van der Waals surface area (Å²) in [6, 6.07) is 7.31. The van der Waals surface area contributed by atoms with Gasteiger partial charge in [-0.2, -0.15) is 5.10 Å². The summed E-state index contributed by atoms with van der Waals surface area (Å²) in [5.41, 5.74) is 5.89. The van der Waals surface area contributed by atoms with Gasteiger partial charge in [-0.3, -0.25) is 4.79 Å². The van der Waals surface area contributed by atoms with Crippen LogP contribution in [0.3, 0.4) is 0 Å². The predicted molar refractivity (Wildman–Crippen MR) is 109 cm³/mol. The van der Waals surface area contributed by atoms with Gasteiger partial charge in [0.2, 0.25) is 0 Å². The van der Waals surface area contributed by atoms with Gasteiger partial charge in [-0.25, -0.2) is 5.43 Å². The molecule has 0 saturated heterocycles. The quantitative estimate of drug-likeness (QED) is 0.509. The highest BCUT2D eigenvalue weighted by Crippen LogP contribution is 2.32. The van der Waals surface area contributed by atoms with E-state index in [0.717, 1.165) is 21.2 Å². The minimum Gasteiger partial charge on any atom is -0.504 e. The van der Waals surface area contributed by atoms with Crippen molar-refractivity contribution in [1.29, 1.82) is 0 Å². The first kappa shape index (κ1) is 20.8. The van der Waals surface area contributed by atoms with Gasteiger partial charge in [-0.1, -0.05) is 28.1 Å². The number of aryl methyl sites for hydroxylation is 2. The van der Waals surface area contributed by atoms with Gasteiger partial charge in [0.15, 0.2) is 18.1 Å². The van der Waals surface area contributed by atoms with Crippen molar-refractivity contribution in [3.8, 4) is 17.2 Å². The van der Waals surface area contributed by atoms with E-state index in [1.807, 2.05) is 39.8 Å². The van der Waals surface area contributed by atoms with Crippen LogP contribution in [0, 0.1) is 20.8 Å². The average Bonchev–Trinajstić information content (AvgIpc) is 2.62. The summed E-state index contributed by atoms with van der Waals surface area (Å²) >= 11 is 3.35. The zero-order valence-corrected chi connectivity index (χ0v) is 17.4. The molecule has 0 unspecified atom stereocenters. The molecule has 1 amide bonds. The third-order valence-corrected chi connectivity index (χ3v) is 4.44. The molecule has 0 aliphatic carbocycles. The Morgan fingerprint density at radius 3 is 2.63 bits per heavy atom. The highest BCUT2D eigenvalue weighted by atomic mass is 79.9. The maximum absolute atomic E-state index is 12.0. The summed E-state index contributed by atoms with van der Waals surface area (Å²) in [6.07, 6.45) is 1.35. The van der Waals surface area contributed by atoms with Crippen molar-refractivity contribution in [2.75, 3.05) is 13.2 Å². The third-order valence-electron chi connectivity index (χ3n) is 3.98. The van der Waals surface area contributed by atoms with Crippen LogP contribution in [0.25, 0.3) is 0 Å². The fraction of sp³-hybridized carbons (Fsp3) is 0.300. The summed E-state index contributed by atoms with van der Waals surface area (Å²) in [6.45, 7) is 7.98. The Hall–Kier alpha value is -2.54. The molecule has 2 rings (SSSR count). The van der Waals surface area contributed by atoms with Crippen LogP contribution in [0.5, 0.6) is 17.2 Å². The average molecular weight is 435 g/mol. The van der Waals surface area contributed by atoms with E-state index in [9.17, 15) is 9.90 Å². The molecule has 2 N–H and O–H groups in total. The first-order valence-corrected chi connectivity index (χ1v) is 9.29. The number of phenolic OH excluding ortho intramolecular Hbond substituents is 1. The van der Waals surface area contributed by atoms with Gasteiger partial charge in [0, 0.05) is 10.0 Å². The summed E-state index contributed by atoms with van der Waals surface area (Å²) in [5, 5.41) is 14.1. The number of nitrogens with one attached hydrogen (secondary N) is 1. The molecule has 0 saturated carbocycles. The molecule has 0 aliphatic heterocycles. The molecular formula is C20H23BrN2O4. The lowest BCUT2D eigenvalue weighted by molar-refractivity contribution is -0.123. The largest absolute Gasteiger partial charge is 0.504 e. The second-order valence-corrected chi connectivity index (χ2v) is 6.93. The molecule has 0 heterocycles. The molecule has 2 aromatic rings. The van der Waals surface area contributed by atoms with E-state index in [-0.39, 0.29) is 12.4 Å². The van der Waals surface area contributed by atoms with Crippen molar-refractivity contribution in [3.63, 3.8) is 0 Å². The minimum atomic E-state index is -0.397. The number of benzene rings is 2. The van der Waals surface area contributed by atoms with E-state index >= 15 is 0 Å². The number of hydrogen-bond acceptors (Lipinski definition) is 5. The standard InChI is InChI=1S/C20H23BrN2O4/c1-5-26-17-9-16(21)8-15(19(17)25)10-22-23-18(24)11-27-20-13(3)7-6-12(2)14(20)4/h6-10,25H,5,11H2,1-4H3,(H,23,24). The number of hydrogen-bond donors (Lipinski definition) is 2. The minimum absolute atomic E-state index is 0.0414. The van der Waals surface area contributed by atoms with Crippen LogP contribution < -0.4 is 14.9 Å². The van der Waals surface area contributed by atoms with E-state index in [4.69, 9.17) is 9.47 Å². The number of aromatic hydroxyl groups is 1. The number of hydrazone groups is 1. The fourth-order valence-electron chi connectivity index (χ4n) is 2.45. The number of amides is 1. The second kappa shape index (κ2) is 9.41. The Morgan fingerprint density at radius 2 is 1.93 bits per heavy atom. The van der Waals surface area contributed by atoms with Gasteiger partial charge in [0.1, 0.15) is 5.75 Å². The number of carbonyl (C=O) groups excluding carboxylic acids is 1. The maximum atomic E-state index is 12.0. The first-order chi connectivity index (χ1) is 12.8.